The van der Waals surface area contributed by atoms with Crippen molar-refractivity contribution in [2.75, 3.05) is 36.4 Å². The van der Waals surface area contributed by atoms with Crippen LogP contribution in [-0.2, 0) is 7.05 Å². The number of hydrogen-bond acceptors (Lipinski definition) is 7. The van der Waals surface area contributed by atoms with Crippen LogP contribution >= 0.6 is 0 Å². The second-order valence-corrected chi connectivity index (χ2v) is 6.93. The number of amides is 1. The van der Waals surface area contributed by atoms with Gasteiger partial charge in [0.25, 0.3) is 5.91 Å². The number of piperazine rings is 1. The molecule has 1 amide bonds. The lowest BCUT2D eigenvalue weighted by molar-refractivity contribution is 0.0714. The summed E-state index contributed by atoms with van der Waals surface area (Å²) in [5.41, 5.74) is 0.789. The predicted octanol–water partition coefficient (Wildman–Crippen LogP) is 1.74. The molecule has 142 valence electrons. The van der Waals surface area contributed by atoms with Gasteiger partial charge in [0, 0.05) is 39.3 Å². The maximum Gasteiger partial charge on any atom is 0.289 e. The monoisotopic (exact) mass is 369 g/mol. The highest BCUT2D eigenvalue weighted by Gasteiger charge is 2.26. The number of nitrogens with one attached hydrogen (secondary N) is 1. The number of carbonyl (C=O) groups is 1. The molecular formula is C18H23N7O2. The van der Waals surface area contributed by atoms with Crippen LogP contribution in [0.15, 0.2) is 29.0 Å². The summed E-state index contributed by atoms with van der Waals surface area (Å²) < 4.78 is 6.97. The highest BCUT2D eigenvalue weighted by Crippen LogP contribution is 2.24. The number of aromatic nitrogens is 4. The molecule has 0 saturated carbocycles. The minimum absolute atomic E-state index is 0.0789. The van der Waals surface area contributed by atoms with Crippen molar-refractivity contribution in [3.05, 3.63) is 30.4 Å². The largest absolute Gasteiger partial charge is 0.459 e. The maximum absolute atomic E-state index is 12.4. The molecule has 0 atom stereocenters. The van der Waals surface area contributed by atoms with Gasteiger partial charge in [-0.1, -0.05) is 0 Å². The molecule has 0 aromatic carbocycles. The zero-order chi connectivity index (χ0) is 19.0. The molecule has 1 aliphatic rings. The van der Waals surface area contributed by atoms with Gasteiger partial charge in [-0.25, -0.2) is 0 Å². The van der Waals surface area contributed by atoms with E-state index in [1.165, 1.54) is 6.26 Å². The highest BCUT2D eigenvalue weighted by molar-refractivity contribution is 5.91. The molecule has 4 rings (SSSR count). The Morgan fingerprint density at radius 2 is 2.00 bits per heavy atom. The van der Waals surface area contributed by atoms with Crippen molar-refractivity contribution in [3.63, 3.8) is 0 Å². The zero-order valence-corrected chi connectivity index (χ0v) is 15.7. The third-order valence-electron chi connectivity index (χ3n) is 4.59. The van der Waals surface area contributed by atoms with E-state index in [2.05, 4.69) is 29.2 Å². The van der Waals surface area contributed by atoms with Gasteiger partial charge in [-0.05, 0) is 26.0 Å². The van der Waals surface area contributed by atoms with Gasteiger partial charge in [-0.2, -0.15) is 15.1 Å². The van der Waals surface area contributed by atoms with Crippen molar-refractivity contribution in [1.82, 2.24) is 24.6 Å². The summed E-state index contributed by atoms with van der Waals surface area (Å²) >= 11 is 0. The molecule has 3 aromatic heterocycles. The summed E-state index contributed by atoms with van der Waals surface area (Å²) in [6, 6.07) is 3.67. The molecule has 27 heavy (non-hydrogen) atoms. The molecule has 0 radical (unpaired) electrons. The molecule has 0 spiro atoms. The number of anilines is 2. The Kier molecular flexibility index (Phi) is 4.43. The van der Waals surface area contributed by atoms with E-state index in [1.54, 1.807) is 27.9 Å². The topological polar surface area (TPSA) is 92.3 Å². The van der Waals surface area contributed by atoms with Crippen molar-refractivity contribution in [2.45, 2.75) is 19.9 Å². The maximum atomic E-state index is 12.4. The van der Waals surface area contributed by atoms with Gasteiger partial charge in [0.15, 0.2) is 11.4 Å². The molecule has 1 N–H and O–H groups in total. The predicted molar refractivity (Wildman–Crippen MR) is 102 cm³/mol. The Bertz CT molecular complexity index is 940. The number of rotatable bonds is 4. The standard InChI is InChI=1S/C18H23N7O2/c1-12(2)20-15-13-11-19-23(3)16(13)22-18(21-15)25-8-6-24(7-9-25)17(26)14-5-4-10-27-14/h4-5,10-12H,6-9H2,1-3H3,(H,20,21,22). The fourth-order valence-corrected chi connectivity index (χ4v) is 3.20. The number of fused-ring (bicyclic) bond motifs is 1. The van der Waals surface area contributed by atoms with E-state index >= 15 is 0 Å². The van der Waals surface area contributed by atoms with E-state index in [0.717, 1.165) is 16.9 Å². The van der Waals surface area contributed by atoms with Crippen molar-refractivity contribution < 1.29 is 9.21 Å². The van der Waals surface area contributed by atoms with E-state index in [9.17, 15) is 4.79 Å². The summed E-state index contributed by atoms with van der Waals surface area (Å²) in [4.78, 5) is 25.7. The van der Waals surface area contributed by atoms with Gasteiger partial charge in [0.1, 0.15) is 5.82 Å². The normalized spacial score (nSPS) is 15.0. The van der Waals surface area contributed by atoms with Crippen LogP contribution in [0.2, 0.25) is 0 Å². The van der Waals surface area contributed by atoms with Crippen LogP contribution in [0.1, 0.15) is 24.4 Å². The Labute approximate surface area is 157 Å². The molecule has 4 heterocycles. The average Bonchev–Trinajstić information content (AvgIpc) is 3.31. The van der Waals surface area contributed by atoms with Crippen LogP contribution < -0.4 is 10.2 Å². The lowest BCUT2D eigenvalue weighted by atomic mass is 10.3. The van der Waals surface area contributed by atoms with Crippen molar-refractivity contribution in [1.29, 1.82) is 0 Å². The van der Waals surface area contributed by atoms with Crippen molar-refractivity contribution in [3.8, 4) is 0 Å². The van der Waals surface area contributed by atoms with Crippen LogP contribution in [-0.4, -0.2) is 62.8 Å². The van der Waals surface area contributed by atoms with Crippen LogP contribution in [0.4, 0.5) is 11.8 Å². The first kappa shape index (κ1) is 17.3. The third-order valence-corrected chi connectivity index (χ3v) is 4.59. The van der Waals surface area contributed by atoms with Crippen LogP contribution in [0, 0.1) is 0 Å². The highest BCUT2D eigenvalue weighted by atomic mass is 16.3. The summed E-state index contributed by atoms with van der Waals surface area (Å²) in [6.07, 6.45) is 3.30. The number of aryl methyl sites for hydroxylation is 1. The van der Waals surface area contributed by atoms with E-state index < -0.39 is 0 Å². The first-order chi connectivity index (χ1) is 13.0. The first-order valence-corrected chi connectivity index (χ1v) is 9.07. The molecular weight excluding hydrogens is 346 g/mol. The van der Waals surface area contributed by atoms with Crippen LogP contribution in [0.3, 0.4) is 0 Å². The fraction of sp³-hybridized carbons (Fsp3) is 0.444. The second kappa shape index (κ2) is 6.90. The van der Waals surface area contributed by atoms with Gasteiger partial charge < -0.3 is 19.5 Å². The quantitative estimate of drug-likeness (QED) is 0.749. The Morgan fingerprint density at radius 1 is 1.22 bits per heavy atom. The lowest BCUT2D eigenvalue weighted by Gasteiger charge is -2.34. The Balaban J connectivity index is 1.55. The van der Waals surface area contributed by atoms with Crippen molar-refractivity contribution in [2.24, 2.45) is 7.05 Å². The molecule has 0 unspecified atom stereocenters. The minimum atomic E-state index is -0.0789. The number of furan rings is 1. The molecule has 0 aliphatic carbocycles. The Morgan fingerprint density at radius 3 is 2.67 bits per heavy atom. The number of nitrogens with zero attached hydrogens (tertiary/aromatic N) is 6. The van der Waals surface area contributed by atoms with E-state index in [4.69, 9.17) is 14.4 Å². The second-order valence-electron chi connectivity index (χ2n) is 6.93. The molecule has 1 fully saturated rings. The molecule has 9 nitrogen and oxygen atoms in total. The van der Waals surface area contributed by atoms with Gasteiger partial charge in [-0.3, -0.25) is 9.48 Å². The third kappa shape index (κ3) is 3.32. The lowest BCUT2D eigenvalue weighted by Crippen LogP contribution is -2.49. The van der Waals surface area contributed by atoms with Crippen LogP contribution in [0.25, 0.3) is 11.0 Å². The van der Waals surface area contributed by atoms with Gasteiger partial charge >= 0.3 is 0 Å². The smallest absolute Gasteiger partial charge is 0.289 e. The SMILES string of the molecule is CC(C)Nc1nc(N2CCN(C(=O)c3ccco3)CC2)nc2c1cnn2C. The van der Waals surface area contributed by atoms with Gasteiger partial charge in [0.05, 0.1) is 17.8 Å². The van der Waals surface area contributed by atoms with Crippen LogP contribution in [0.5, 0.6) is 0 Å². The summed E-state index contributed by atoms with van der Waals surface area (Å²) in [6.45, 7) is 6.67. The summed E-state index contributed by atoms with van der Waals surface area (Å²) in [5, 5.41) is 8.59. The average molecular weight is 369 g/mol. The molecule has 3 aromatic rings. The number of hydrogen-bond donors (Lipinski definition) is 1. The summed E-state index contributed by atoms with van der Waals surface area (Å²) in [7, 11) is 1.87. The van der Waals surface area contributed by atoms with Gasteiger partial charge in [0.2, 0.25) is 5.95 Å². The van der Waals surface area contributed by atoms with E-state index in [-0.39, 0.29) is 11.9 Å². The zero-order valence-electron chi connectivity index (χ0n) is 15.7. The molecule has 0 bridgehead atoms. The van der Waals surface area contributed by atoms with Gasteiger partial charge in [-0.15, -0.1) is 0 Å². The summed E-state index contributed by atoms with van der Waals surface area (Å²) in [5.74, 6) is 1.73. The van der Waals surface area contributed by atoms with E-state index in [0.29, 0.717) is 37.9 Å². The fourth-order valence-electron chi connectivity index (χ4n) is 3.20. The minimum Gasteiger partial charge on any atom is -0.459 e. The van der Waals surface area contributed by atoms with E-state index in [1.807, 2.05) is 7.05 Å². The first-order valence-electron chi connectivity index (χ1n) is 9.07. The number of carbonyl (C=O) groups excluding carboxylic acids is 1. The molecule has 9 heteroatoms. The van der Waals surface area contributed by atoms with Crippen molar-refractivity contribution >= 4 is 28.7 Å². The Hall–Kier alpha value is -3.10. The molecule has 1 aliphatic heterocycles. The molecule has 1 saturated heterocycles.